The first kappa shape index (κ1) is 23.0. The van der Waals surface area contributed by atoms with Gasteiger partial charge >= 0.3 is 0 Å². The molecule has 5 aromatic rings. The van der Waals surface area contributed by atoms with E-state index in [1.54, 1.807) is 19.1 Å². The fourth-order valence-electron chi connectivity index (χ4n) is 3.80. The lowest BCUT2D eigenvalue weighted by Gasteiger charge is -2.12. The van der Waals surface area contributed by atoms with Crippen molar-refractivity contribution in [2.45, 2.75) is 20.4 Å². The van der Waals surface area contributed by atoms with Crippen molar-refractivity contribution in [1.82, 2.24) is 19.7 Å². The summed E-state index contributed by atoms with van der Waals surface area (Å²) in [5.41, 5.74) is 2.48. The van der Waals surface area contributed by atoms with E-state index in [1.807, 2.05) is 31.2 Å². The molecule has 0 saturated heterocycles. The lowest BCUT2D eigenvalue weighted by molar-refractivity contribution is -0.116. The quantitative estimate of drug-likeness (QED) is 0.387. The fourth-order valence-corrected chi connectivity index (χ4v) is 3.80. The zero-order valence-electron chi connectivity index (χ0n) is 19.3. The van der Waals surface area contributed by atoms with Gasteiger partial charge in [0.05, 0.1) is 5.39 Å². The lowest BCUT2D eigenvalue weighted by Crippen LogP contribution is -2.22. The van der Waals surface area contributed by atoms with Gasteiger partial charge < -0.3 is 14.4 Å². The molecule has 180 valence electrons. The monoisotopic (exact) mass is 487 g/mol. The van der Waals surface area contributed by atoms with Gasteiger partial charge in [0.2, 0.25) is 17.2 Å². The molecular formula is C26H19F2N5O3. The third-order valence-electron chi connectivity index (χ3n) is 5.51. The molecule has 0 fully saturated rings. The standard InChI is InChI=1S/C26H19F2N5O3/c1-14-4-3-5-16(10-14)24-31-26(36-32-24)19-12-33(25-18(23(19)35)8-6-15(2)29-25)13-22(34)30-17-7-9-20(27)21(28)11-17/h3-12H,13H2,1-2H3,(H,30,34). The number of hydrogen-bond acceptors (Lipinski definition) is 6. The fraction of sp³-hybridized carbons (Fsp3) is 0.115. The smallest absolute Gasteiger partial charge is 0.263 e. The molecule has 2 aromatic carbocycles. The van der Waals surface area contributed by atoms with E-state index >= 15 is 0 Å². The molecule has 1 N–H and O–H groups in total. The molecule has 0 aliphatic carbocycles. The first-order valence-corrected chi connectivity index (χ1v) is 11.0. The summed E-state index contributed by atoms with van der Waals surface area (Å²) in [4.78, 5) is 34.9. The SMILES string of the molecule is Cc1cccc(-c2noc(-c3cn(CC(=O)Nc4ccc(F)c(F)c4)c4nc(C)ccc4c3=O)n2)c1. The zero-order chi connectivity index (χ0) is 25.4. The lowest BCUT2D eigenvalue weighted by atomic mass is 10.1. The molecule has 0 spiro atoms. The minimum absolute atomic E-state index is 0.00579. The molecule has 3 heterocycles. The van der Waals surface area contributed by atoms with Gasteiger partial charge in [0.15, 0.2) is 11.6 Å². The van der Waals surface area contributed by atoms with Gasteiger partial charge in [0, 0.05) is 29.2 Å². The van der Waals surface area contributed by atoms with Crippen molar-refractivity contribution in [2.24, 2.45) is 0 Å². The summed E-state index contributed by atoms with van der Waals surface area (Å²) < 4.78 is 33.6. The summed E-state index contributed by atoms with van der Waals surface area (Å²) in [5.74, 6) is -2.33. The number of halogens is 2. The molecule has 3 aromatic heterocycles. The number of carbonyl (C=O) groups excluding carboxylic acids is 1. The molecular weight excluding hydrogens is 468 g/mol. The summed E-state index contributed by atoms with van der Waals surface area (Å²) in [6.45, 7) is 3.43. The maximum Gasteiger partial charge on any atom is 0.263 e. The Kier molecular flexibility index (Phi) is 5.85. The van der Waals surface area contributed by atoms with E-state index in [0.29, 0.717) is 11.5 Å². The number of anilines is 1. The highest BCUT2D eigenvalue weighted by Gasteiger charge is 2.19. The van der Waals surface area contributed by atoms with Crippen LogP contribution in [-0.2, 0) is 11.3 Å². The Morgan fingerprint density at radius 1 is 1.03 bits per heavy atom. The normalized spacial score (nSPS) is 11.1. The Balaban J connectivity index is 1.54. The van der Waals surface area contributed by atoms with Crippen LogP contribution in [0.5, 0.6) is 0 Å². The maximum absolute atomic E-state index is 13.5. The number of aryl methyl sites for hydroxylation is 2. The Hall–Kier alpha value is -4.73. The van der Waals surface area contributed by atoms with Crippen molar-refractivity contribution in [3.63, 3.8) is 0 Å². The largest absolute Gasteiger partial charge is 0.333 e. The minimum atomic E-state index is -1.08. The summed E-state index contributed by atoms with van der Waals surface area (Å²) >= 11 is 0. The molecule has 36 heavy (non-hydrogen) atoms. The molecule has 5 rings (SSSR count). The Morgan fingerprint density at radius 2 is 1.86 bits per heavy atom. The van der Waals surface area contributed by atoms with Gasteiger partial charge in [-0.25, -0.2) is 13.8 Å². The van der Waals surface area contributed by atoms with Gasteiger partial charge in [-0.15, -0.1) is 0 Å². The summed E-state index contributed by atoms with van der Waals surface area (Å²) in [5, 5.41) is 6.78. The molecule has 0 atom stereocenters. The zero-order valence-corrected chi connectivity index (χ0v) is 19.3. The molecule has 8 nitrogen and oxygen atoms in total. The molecule has 0 radical (unpaired) electrons. The number of fused-ring (bicyclic) bond motifs is 1. The first-order valence-electron chi connectivity index (χ1n) is 11.0. The van der Waals surface area contributed by atoms with Crippen molar-refractivity contribution in [3.05, 3.63) is 93.9 Å². The van der Waals surface area contributed by atoms with Crippen LogP contribution in [0, 0.1) is 25.5 Å². The van der Waals surface area contributed by atoms with Crippen molar-refractivity contribution < 1.29 is 18.1 Å². The Bertz CT molecular complexity index is 1690. The van der Waals surface area contributed by atoms with Crippen molar-refractivity contribution in [2.75, 3.05) is 5.32 Å². The summed E-state index contributed by atoms with van der Waals surface area (Å²) in [6, 6.07) is 13.9. The average molecular weight is 487 g/mol. The van der Waals surface area contributed by atoms with Crippen LogP contribution in [0.1, 0.15) is 11.3 Å². The van der Waals surface area contributed by atoms with Crippen LogP contribution in [0.2, 0.25) is 0 Å². The second-order valence-corrected chi connectivity index (χ2v) is 8.29. The Morgan fingerprint density at radius 3 is 2.64 bits per heavy atom. The highest BCUT2D eigenvalue weighted by atomic mass is 19.2. The van der Waals surface area contributed by atoms with Gasteiger partial charge in [-0.1, -0.05) is 28.9 Å². The van der Waals surface area contributed by atoms with E-state index < -0.39 is 17.5 Å². The third-order valence-corrected chi connectivity index (χ3v) is 5.51. The number of hydrogen-bond donors (Lipinski definition) is 1. The van der Waals surface area contributed by atoms with Crippen LogP contribution in [-0.4, -0.2) is 25.6 Å². The van der Waals surface area contributed by atoms with Crippen LogP contribution in [0.15, 0.2) is 70.1 Å². The number of pyridine rings is 2. The van der Waals surface area contributed by atoms with E-state index in [2.05, 4.69) is 20.4 Å². The van der Waals surface area contributed by atoms with E-state index in [4.69, 9.17) is 4.52 Å². The molecule has 0 aliphatic heterocycles. The maximum atomic E-state index is 13.5. The minimum Gasteiger partial charge on any atom is -0.333 e. The van der Waals surface area contributed by atoms with Crippen LogP contribution in [0.3, 0.4) is 0 Å². The van der Waals surface area contributed by atoms with Gasteiger partial charge in [-0.2, -0.15) is 4.98 Å². The van der Waals surface area contributed by atoms with E-state index in [-0.39, 0.29) is 40.1 Å². The highest BCUT2D eigenvalue weighted by Crippen LogP contribution is 2.23. The second kappa shape index (κ2) is 9.14. The van der Waals surface area contributed by atoms with E-state index in [9.17, 15) is 18.4 Å². The Labute approximate surface area is 203 Å². The molecule has 0 unspecified atom stereocenters. The summed E-state index contributed by atoms with van der Waals surface area (Å²) in [7, 11) is 0. The number of nitrogens with zero attached hydrogens (tertiary/aromatic N) is 4. The van der Waals surface area contributed by atoms with Crippen molar-refractivity contribution >= 4 is 22.6 Å². The average Bonchev–Trinajstić information content (AvgIpc) is 3.33. The summed E-state index contributed by atoms with van der Waals surface area (Å²) in [6.07, 6.45) is 1.43. The number of rotatable bonds is 5. The third kappa shape index (κ3) is 4.48. The number of aromatic nitrogens is 4. The molecule has 10 heteroatoms. The molecule has 0 aliphatic rings. The van der Waals surface area contributed by atoms with Crippen LogP contribution in [0.4, 0.5) is 14.5 Å². The van der Waals surface area contributed by atoms with Crippen molar-refractivity contribution in [3.8, 4) is 22.8 Å². The number of carbonyl (C=O) groups is 1. The molecule has 0 saturated carbocycles. The van der Waals surface area contributed by atoms with E-state index in [0.717, 1.165) is 23.3 Å². The number of amides is 1. The number of benzene rings is 2. The molecule has 0 bridgehead atoms. The van der Waals surface area contributed by atoms with Crippen LogP contribution < -0.4 is 10.7 Å². The predicted molar refractivity (Wildman–Crippen MR) is 129 cm³/mol. The highest BCUT2D eigenvalue weighted by molar-refractivity contribution is 5.91. The molecule has 1 amide bonds. The van der Waals surface area contributed by atoms with Crippen LogP contribution in [0.25, 0.3) is 33.9 Å². The first-order chi connectivity index (χ1) is 17.3. The van der Waals surface area contributed by atoms with E-state index in [1.165, 1.54) is 16.8 Å². The number of nitrogens with one attached hydrogen (secondary N) is 1. The predicted octanol–water partition coefficient (Wildman–Crippen LogP) is 4.65. The van der Waals surface area contributed by atoms with Gasteiger partial charge in [0.25, 0.3) is 5.89 Å². The van der Waals surface area contributed by atoms with Gasteiger partial charge in [-0.05, 0) is 44.2 Å². The topological polar surface area (TPSA) is 103 Å². The van der Waals surface area contributed by atoms with Gasteiger partial charge in [0.1, 0.15) is 17.8 Å². The second-order valence-electron chi connectivity index (χ2n) is 8.29. The van der Waals surface area contributed by atoms with Crippen molar-refractivity contribution in [1.29, 1.82) is 0 Å². The van der Waals surface area contributed by atoms with Gasteiger partial charge in [-0.3, -0.25) is 9.59 Å². The van der Waals surface area contributed by atoms with Crippen LogP contribution >= 0.6 is 0 Å².